The molecule has 0 rings (SSSR count). The molecule has 0 aromatic heterocycles. The molecule has 0 bridgehead atoms. The molecule has 72 valence electrons. The molecule has 0 radical (unpaired) electrons. The minimum Gasteiger partial charge on any atom is -0.394 e. The molecule has 0 aromatic carbocycles. The molecule has 0 fully saturated rings. The number of rotatable bonds is 6. The van der Waals surface area contributed by atoms with Crippen molar-refractivity contribution >= 4 is 8.46 Å². The molecule has 0 spiro atoms. The largest absolute Gasteiger partial charge is 0.394 e. The molecule has 12 heavy (non-hydrogen) atoms. The molecule has 0 aliphatic carbocycles. The maximum absolute atomic E-state index is 10.0. The highest BCUT2D eigenvalue weighted by molar-refractivity contribution is 7.23. The topological polar surface area (TPSA) is 113 Å². The van der Waals surface area contributed by atoms with Gasteiger partial charge in [0.2, 0.25) is 5.91 Å². The van der Waals surface area contributed by atoms with Crippen LogP contribution in [0, 0.1) is 0 Å². The molecule has 0 saturated heterocycles. The van der Waals surface area contributed by atoms with Gasteiger partial charge < -0.3 is 20.1 Å². The van der Waals surface area contributed by atoms with Crippen LogP contribution in [0.15, 0.2) is 0 Å². The van der Waals surface area contributed by atoms with E-state index in [9.17, 15) is 4.57 Å². The van der Waals surface area contributed by atoms with Crippen LogP contribution in [-0.4, -0.2) is 46.7 Å². The minimum atomic E-state index is -2.01. The third-order valence-corrected chi connectivity index (χ3v) is 1.61. The third kappa shape index (κ3) is 5.54. The van der Waals surface area contributed by atoms with Crippen molar-refractivity contribution in [1.82, 2.24) is 0 Å². The molecule has 2 atom stereocenters. The summed E-state index contributed by atoms with van der Waals surface area (Å²) >= 11 is 0. The Morgan fingerprint density at radius 3 is 2.67 bits per heavy atom. The summed E-state index contributed by atoms with van der Waals surface area (Å²) < 4.78 is 14.5. The van der Waals surface area contributed by atoms with Crippen LogP contribution >= 0.6 is 8.46 Å². The van der Waals surface area contributed by atoms with Crippen LogP contribution in [0.4, 0.5) is 0 Å². The molecule has 0 heterocycles. The Kier molecular flexibility index (Phi) is 5.48. The predicted octanol–water partition coefficient (Wildman–Crippen LogP) is -1.75. The average molecular weight is 197 g/mol. The van der Waals surface area contributed by atoms with Crippen molar-refractivity contribution in [3.63, 3.8) is 0 Å². The summed E-state index contributed by atoms with van der Waals surface area (Å²) in [6, 6.07) is 0. The standard InChI is InChI=1S/C5H12NO5P/c6-5(9,3-12-10)11-2-4(8)1-7/h4,7-9H,1-3,6H2. The van der Waals surface area contributed by atoms with E-state index in [1.54, 1.807) is 0 Å². The Morgan fingerprint density at radius 1 is 1.67 bits per heavy atom. The van der Waals surface area contributed by atoms with E-state index in [1.165, 1.54) is 0 Å². The van der Waals surface area contributed by atoms with Crippen LogP contribution in [0.25, 0.3) is 0 Å². The second-order valence-corrected chi connectivity index (χ2v) is 2.85. The Bertz CT molecular complexity index is 142. The Morgan fingerprint density at radius 2 is 2.25 bits per heavy atom. The van der Waals surface area contributed by atoms with Crippen LogP contribution in [0.2, 0.25) is 0 Å². The van der Waals surface area contributed by atoms with Gasteiger partial charge in [0.05, 0.1) is 19.4 Å². The predicted molar refractivity (Wildman–Crippen MR) is 40.7 cm³/mol. The molecule has 2 unspecified atom stereocenters. The summed E-state index contributed by atoms with van der Waals surface area (Å²) in [5.74, 6) is -2.01. The van der Waals surface area contributed by atoms with Gasteiger partial charge in [-0.1, -0.05) is 0 Å². The van der Waals surface area contributed by atoms with Gasteiger partial charge in [-0.2, -0.15) is 0 Å². The van der Waals surface area contributed by atoms with Crippen molar-refractivity contribution in [3.8, 4) is 0 Å². The van der Waals surface area contributed by atoms with E-state index in [4.69, 9.17) is 21.1 Å². The lowest BCUT2D eigenvalue weighted by Crippen LogP contribution is -2.46. The summed E-state index contributed by atoms with van der Waals surface area (Å²) in [5.41, 5.74) is 5.06. The summed E-state index contributed by atoms with van der Waals surface area (Å²) in [7, 11) is -0.354. The summed E-state index contributed by atoms with van der Waals surface area (Å²) in [5, 5.41) is 26.1. The number of aliphatic hydroxyl groups is 3. The molecular weight excluding hydrogens is 185 g/mol. The van der Waals surface area contributed by atoms with Crippen molar-refractivity contribution in [1.29, 1.82) is 0 Å². The second kappa shape index (κ2) is 5.53. The Balaban J connectivity index is 3.66. The molecule has 0 aliphatic heterocycles. The molecule has 5 N–H and O–H groups in total. The first-order chi connectivity index (χ1) is 5.52. The second-order valence-electron chi connectivity index (χ2n) is 2.28. The van der Waals surface area contributed by atoms with Gasteiger partial charge >= 0.3 is 0 Å². The van der Waals surface area contributed by atoms with E-state index in [0.717, 1.165) is 0 Å². The van der Waals surface area contributed by atoms with Gasteiger partial charge in [-0.3, -0.25) is 10.3 Å². The van der Waals surface area contributed by atoms with Crippen molar-refractivity contribution in [2.45, 2.75) is 12.0 Å². The Labute approximate surface area is 71.2 Å². The SMILES string of the molecule is NC(O)(CP=O)OCC(O)CO. The Hall–Kier alpha value is -0.100. The van der Waals surface area contributed by atoms with E-state index in [0.29, 0.717) is 0 Å². The average Bonchev–Trinajstić information content (AvgIpc) is 2.00. The van der Waals surface area contributed by atoms with Gasteiger partial charge in [-0.25, -0.2) is 0 Å². The molecular formula is C5H12NO5P. The van der Waals surface area contributed by atoms with Crippen molar-refractivity contribution in [2.24, 2.45) is 5.73 Å². The molecule has 7 heteroatoms. The lowest BCUT2D eigenvalue weighted by molar-refractivity contribution is -0.198. The van der Waals surface area contributed by atoms with Crippen LogP contribution < -0.4 is 5.73 Å². The zero-order valence-corrected chi connectivity index (χ0v) is 7.28. The molecule has 0 aromatic rings. The zero-order valence-electron chi connectivity index (χ0n) is 6.38. The summed E-state index contributed by atoms with van der Waals surface area (Å²) in [6.07, 6.45) is -1.38. The summed E-state index contributed by atoms with van der Waals surface area (Å²) in [4.78, 5) is 0. The third-order valence-electron chi connectivity index (χ3n) is 1.03. The highest BCUT2D eigenvalue weighted by atomic mass is 31.1. The molecule has 0 saturated carbocycles. The van der Waals surface area contributed by atoms with Gasteiger partial charge in [0.25, 0.3) is 0 Å². The van der Waals surface area contributed by atoms with E-state index in [-0.39, 0.29) is 21.2 Å². The van der Waals surface area contributed by atoms with Crippen molar-refractivity contribution < 1.29 is 24.6 Å². The maximum Gasteiger partial charge on any atom is 0.233 e. The van der Waals surface area contributed by atoms with E-state index in [2.05, 4.69) is 4.74 Å². The fourth-order valence-corrected chi connectivity index (χ4v) is 0.708. The summed E-state index contributed by atoms with van der Waals surface area (Å²) in [6.45, 7) is -0.788. The number of hydrogen-bond acceptors (Lipinski definition) is 6. The molecule has 0 amide bonds. The van der Waals surface area contributed by atoms with Gasteiger partial charge in [-0.05, 0) is 0 Å². The van der Waals surface area contributed by atoms with Crippen LogP contribution in [0.5, 0.6) is 0 Å². The fourth-order valence-electron chi connectivity index (χ4n) is 0.431. The normalized spacial score (nSPS) is 19.0. The fraction of sp³-hybridized carbons (Fsp3) is 1.00. The zero-order chi connectivity index (χ0) is 9.61. The lowest BCUT2D eigenvalue weighted by Gasteiger charge is -2.21. The number of ether oxygens (including phenoxy) is 1. The van der Waals surface area contributed by atoms with Crippen LogP contribution in [0.3, 0.4) is 0 Å². The number of nitrogens with two attached hydrogens (primary N) is 1. The molecule has 0 aliphatic rings. The smallest absolute Gasteiger partial charge is 0.233 e. The minimum absolute atomic E-state index is 0.287. The van der Waals surface area contributed by atoms with Gasteiger partial charge in [0, 0.05) is 0 Å². The van der Waals surface area contributed by atoms with Gasteiger partial charge in [0.1, 0.15) is 6.10 Å². The van der Waals surface area contributed by atoms with E-state index in [1.807, 2.05) is 0 Å². The first-order valence-corrected chi connectivity index (χ1v) is 4.25. The highest BCUT2D eigenvalue weighted by Crippen LogP contribution is 2.06. The molecule has 6 nitrogen and oxygen atoms in total. The van der Waals surface area contributed by atoms with E-state index >= 15 is 0 Å². The monoisotopic (exact) mass is 197 g/mol. The number of aliphatic hydroxyl groups excluding tert-OH is 2. The van der Waals surface area contributed by atoms with Gasteiger partial charge in [-0.15, -0.1) is 0 Å². The first kappa shape index (κ1) is 11.9. The number of hydrogen-bond donors (Lipinski definition) is 4. The van der Waals surface area contributed by atoms with Crippen LogP contribution in [-0.2, 0) is 9.30 Å². The first-order valence-electron chi connectivity index (χ1n) is 3.25. The quantitative estimate of drug-likeness (QED) is 0.297. The van der Waals surface area contributed by atoms with Gasteiger partial charge in [0.15, 0.2) is 8.46 Å². The van der Waals surface area contributed by atoms with Crippen LogP contribution in [0.1, 0.15) is 0 Å². The van der Waals surface area contributed by atoms with Crippen molar-refractivity contribution in [2.75, 3.05) is 19.4 Å². The maximum atomic E-state index is 10.0. The highest BCUT2D eigenvalue weighted by Gasteiger charge is 2.22. The lowest BCUT2D eigenvalue weighted by atomic mass is 10.4. The van der Waals surface area contributed by atoms with Crippen molar-refractivity contribution in [3.05, 3.63) is 0 Å². The van der Waals surface area contributed by atoms with E-state index < -0.39 is 18.6 Å².